The third-order valence-corrected chi connectivity index (χ3v) is 4.54. The van der Waals surface area contributed by atoms with E-state index in [9.17, 15) is 9.59 Å². The molecule has 8 nitrogen and oxygen atoms in total. The number of benzene rings is 1. The van der Waals surface area contributed by atoms with E-state index >= 15 is 0 Å². The molecule has 1 atom stereocenters. The molecule has 8 heteroatoms. The van der Waals surface area contributed by atoms with Gasteiger partial charge in [-0.2, -0.15) is 5.10 Å². The van der Waals surface area contributed by atoms with Gasteiger partial charge in [-0.3, -0.25) is 9.48 Å². The van der Waals surface area contributed by atoms with Crippen LogP contribution in [0.1, 0.15) is 47.4 Å². The van der Waals surface area contributed by atoms with Gasteiger partial charge in [-0.1, -0.05) is 0 Å². The van der Waals surface area contributed by atoms with Gasteiger partial charge < -0.3 is 19.9 Å². The summed E-state index contributed by atoms with van der Waals surface area (Å²) in [5.41, 5.74) is 2.64. The van der Waals surface area contributed by atoms with Crippen LogP contribution in [0.4, 0.5) is 0 Å². The molecule has 0 saturated carbocycles. The van der Waals surface area contributed by atoms with E-state index in [1.54, 1.807) is 25.1 Å². The molecule has 0 bridgehead atoms. The van der Waals surface area contributed by atoms with Gasteiger partial charge in [0, 0.05) is 23.9 Å². The first-order chi connectivity index (χ1) is 13.0. The normalized spacial score (nSPS) is 15.7. The van der Waals surface area contributed by atoms with Gasteiger partial charge in [0.2, 0.25) is 0 Å². The van der Waals surface area contributed by atoms with Gasteiger partial charge in [0.25, 0.3) is 5.91 Å². The second kappa shape index (κ2) is 8.11. The first-order valence-corrected chi connectivity index (χ1v) is 8.92. The van der Waals surface area contributed by atoms with E-state index in [0.29, 0.717) is 23.7 Å². The van der Waals surface area contributed by atoms with E-state index in [1.807, 2.05) is 17.9 Å². The van der Waals surface area contributed by atoms with Gasteiger partial charge in [0.05, 0.1) is 18.8 Å². The summed E-state index contributed by atoms with van der Waals surface area (Å²) in [5, 5.41) is 16.1. The molecule has 0 spiro atoms. The van der Waals surface area contributed by atoms with Crippen molar-refractivity contribution in [1.82, 2.24) is 15.1 Å². The lowest BCUT2D eigenvalue weighted by Gasteiger charge is -2.24. The second-order valence-electron chi connectivity index (χ2n) is 6.37. The third-order valence-electron chi connectivity index (χ3n) is 4.54. The highest BCUT2D eigenvalue weighted by Crippen LogP contribution is 2.31. The summed E-state index contributed by atoms with van der Waals surface area (Å²) in [6.45, 7) is 1.70. The molecule has 2 N–H and O–H groups in total. The quantitative estimate of drug-likeness (QED) is 0.770. The largest absolute Gasteiger partial charge is 0.490 e. The molecule has 1 aromatic heterocycles. The summed E-state index contributed by atoms with van der Waals surface area (Å²) in [7, 11) is 1.91. The van der Waals surface area contributed by atoms with Crippen molar-refractivity contribution < 1.29 is 24.2 Å². The van der Waals surface area contributed by atoms with E-state index in [4.69, 9.17) is 14.6 Å². The zero-order valence-electron chi connectivity index (χ0n) is 15.4. The minimum absolute atomic E-state index is 0.0755. The van der Waals surface area contributed by atoms with Gasteiger partial charge in [0.15, 0.2) is 18.1 Å². The minimum atomic E-state index is -1.08. The topological polar surface area (TPSA) is 103 Å². The maximum absolute atomic E-state index is 12.7. The third kappa shape index (κ3) is 4.21. The molecule has 1 heterocycles. The Morgan fingerprint density at radius 1 is 1.33 bits per heavy atom. The molecule has 27 heavy (non-hydrogen) atoms. The number of hydrogen-bond donors (Lipinski definition) is 2. The predicted molar refractivity (Wildman–Crippen MR) is 97.1 cm³/mol. The highest BCUT2D eigenvalue weighted by Gasteiger charge is 2.25. The molecule has 0 radical (unpaired) electrons. The number of hydrogen-bond acceptors (Lipinski definition) is 5. The van der Waals surface area contributed by atoms with E-state index in [2.05, 4.69) is 10.4 Å². The van der Waals surface area contributed by atoms with Crippen molar-refractivity contribution in [2.24, 2.45) is 7.05 Å². The zero-order valence-corrected chi connectivity index (χ0v) is 15.4. The Bertz CT molecular complexity index is 846. The lowest BCUT2D eigenvalue weighted by Crippen LogP contribution is -2.31. The van der Waals surface area contributed by atoms with Crippen LogP contribution >= 0.6 is 0 Å². The highest BCUT2D eigenvalue weighted by molar-refractivity contribution is 5.95. The first kappa shape index (κ1) is 18.8. The maximum Gasteiger partial charge on any atom is 0.341 e. The SMILES string of the molecule is CCOc1cc(C(=O)NC2CCCc3c2cnn3C)ccc1OCC(=O)O. The number of aliphatic carboxylic acids is 1. The van der Waals surface area contributed by atoms with E-state index in [-0.39, 0.29) is 11.9 Å². The summed E-state index contributed by atoms with van der Waals surface area (Å²) in [6.07, 6.45) is 4.63. The first-order valence-electron chi connectivity index (χ1n) is 8.92. The molecule has 0 fully saturated rings. The second-order valence-corrected chi connectivity index (χ2v) is 6.37. The number of ether oxygens (including phenoxy) is 2. The predicted octanol–water partition coefficient (Wildman–Crippen LogP) is 2.09. The van der Waals surface area contributed by atoms with Crippen LogP contribution in [0.5, 0.6) is 11.5 Å². The number of carbonyl (C=O) groups is 2. The van der Waals surface area contributed by atoms with Gasteiger partial charge in [-0.15, -0.1) is 0 Å². The van der Waals surface area contributed by atoms with E-state index < -0.39 is 12.6 Å². The Morgan fingerprint density at radius 2 is 2.15 bits per heavy atom. The number of aryl methyl sites for hydroxylation is 1. The summed E-state index contributed by atoms with van der Waals surface area (Å²) < 4.78 is 12.6. The van der Waals surface area contributed by atoms with Gasteiger partial charge >= 0.3 is 5.97 Å². The lowest BCUT2D eigenvalue weighted by molar-refractivity contribution is -0.139. The van der Waals surface area contributed by atoms with Gasteiger partial charge in [0.1, 0.15) is 0 Å². The summed E-state index contributed by atoms with van der Waals surface area (Å²) in [5.74, 6) is -0.661. The average molecular weight is 373 g/mol. The summed E-state index contributed by atoms with van der Waals surface area (Å²) in [6, 6.07) is 4.65. The number of carboxylic acid groups (broad SMARTS) is 1. The monoisotopic (exact) mass is 373 g/mol. The van der Waals surface area contributed by atoms with Crippen LogP contribution in [0, 0.1) is 0 Å². The fraction of sp³-hybridized carbons (Fsp3) is 0.421. The molecule has 0 aliphatic heterocycles. The number of carbonyl (C=O) groups excluding carboxylic acids is 1. The van der Waals surface area contributed by atoms with Crippen molar-refractivity contribution in [3.8, 4) is 11.5 Å². The number of amides is 1. The molecular formula is C19H23N3O5. The number of nitrogens with one attached hydrogen (secondary N) is 1. The average Bonchev–Trinajstić information content (AvgIpc) is 3.03. The van der Waals surface area contributed by atoms with Crippen molar-refractivity contribution in [1.29, 1.82) is 0 Å². The number of fused-ring (bicyclic) bond motifs is 1. The van der Waals surface area contributed by atoms with Crippen molar-refractivity contribution in [3.05, 3.63) is 41.2 Å². The summed E-state index contributed by atoms with van der Waals surface area (Å²) >= 11 is 0. The van der Waals surface area contributed by atoms with Crippen molar-refractivity contribution in [2.75, 3.05) is 13.2 Å². The molecule has 3 rings (SSSR count). The molecule has 1 aliphatic rings. The Hall–Kier alpha value is -3.03. The number of nitrogens with zero attached hydrogens (tertiary/aromatic N) is 2. The van der Waals surface area contributed by atoms with Crippen molar-refractivity contribution in [2.45, 2.75) is 32.2 Å². The maximum atomic E-state index is 12.7. The highest BCUT2D eigenvalue weighted by atomic mass is 16.5. The number of aromatic nitrogens is 2. The van der Waals surface area contributed by atoms with Gasteiger partial charge in [-0.05, 0) is 44.4 Å². The Labute approximate surface area is 157 Å². The minimum Gasteiger partial charge on any atom is -0.490 e. The van der Waals surface area contributed by atoms with Crippen LogP contribution in [0.2, 0.25) is 0 Å². The molecular weight excluding hydrogens is 350 g/mol. The van der Waals surface area contributed by atoms with Gasteiger partial charge in [-0.25, -0.2) is 4.79 Å². The Morgan fingerprint density at radius 3 is 2.89 bits per heavy atom. The fourth-order valence-electron chi connectivity index (χ4n) is 3.27. The molecule has 2 aromatic rings. The van der Waals surface area contributed by atoms with Crippen LogP contribution < -0.4 is 14.8 Å². The van der Waals surface area contributed by atoms with Crippen LogP contribution in [0.25, 0.3) is 0 Å². The lowest BCUT2D eigenvalue weighted by atomic mass is 9.92. The number of carboxylic acids is 1. The summed E-state index contributed by atoms with van der Waals surface area (Å²) in [4.78, 5) is 23.4. The van der Waals surface area contributed by atoms with Crippen molar-refractivity contribution in [3.63, 3.8) is 0 Å². The fourth-order valence-corrected chi connectivity index (χ4v) is 3.27. The Balaban J connectivity index is 1.76. The molecule has 1 amide bonds. The standard InChI is InChI=1S/C19H23N3O5/c1-3-26-17-9-12(7-8-16(17)27-11-18(23)24)19(25)21-14-5-4-6-15-13(14)10-20-22(15)2/h7-10,14H,3-6,11H2,1-2H3,(H,21,25)(H,23,24). The molecule has 144 valence electrons. The van der Waals surface area contributed by atoms with Crippen LogP contribution in [-0.2, 0) is 18.3 Å². The van der Waals surface area contributed by atoms with E-state index in [1.165, 1.54) is 0 Å². The van der Waals surface area contributed by atoms with Crippen LogP contribution in [0.15, 0.2) is 24.4 Å². The molecule has 1 aliphatic carbocycles. The Kier molecular flexibility index (Phi) is 5.63. The smallest absolute Gasteiger partial charge is 0.341 e. The van der Waals surface area contributed by atoms with Crippen molar-refractivity contribution >= 4 is 11.9 Å². The van der Waals surface area contributed by atoms with Crippen LogP contribution in [0.3, 0.4) is 0 Å². The molecule has 0 saturated heterocycles. The van der Waals surface area contributed by atoms with E-state index in [0.717, 1.165) is 30.5 Å². The number of rotatable bonds is 7. The van der Waals surface area contributed by atoms with Crippen LogP contribution in [-0.4, -0.2) is 40.0 Å². The molecule has 1 aromatic carbocycles. The molecule has 1 unspecified atom stereocenters. The zero-order chi connectivity index (χ0) is 19.4.